The molecule has 3 amide bonds. The summed E-state index contributed by atoms with van der Waals surface area (Å²) < 4.78 is 22.5. The minimum Gasteiger partial charge on any atom is -0.410 e. The van der Waals surface area contributed by atoms with E-state index in [2.05, 4.69) is 36.7 Å². The lowest BCUT2D eigenvalue weighted by molar-refractivity contribution is -0.129. The van der Waals surface area contributed by atoms with Crippen molar-refractivity contribution in [3.05, 3.63) is 29.3 Å². The lowest BCUT2D eigenvalue weighted by atomic mass is 10.1. The lowest BCUT2D eigenvalue weighted by Gasteiger charge is -2.26. The highest BCUT2D eigenvalue weighted by Gasteiger charge is 2.19. The first-order chi connectivity index (χ1) is 21.8. The Balaban J connectivity index is 2.44. The minimum absolute atomic E-state index is 0.00269. The van der Waals surface area contributed by atoms with Crippen molar-refractivity contribution in [2.24, 2.45) is 0 Å². The number of aliphatic hydroxyl groups is 1. The molecule has 258 valence electrons. The van der Waals surface area contributed by atoms with Crippen LogP contribution in [0.25, 0.3) is 0 Å². The zero-order chi connectivity index (χ0) is 33.3. The number of thiol groups is 1. The number of carbonyl (C=O) groups is 3. The molecule has 45 heavy (non-hydrogen) atoms. The van der Waals surface area contributed by atoms with E-state index in [1.165, 1.54) is 6.92 Å². The smallest absolute Gasteiger partial charge is 0.410 e. The third kappa shape index (κ3) is 18.3. The van der Waals surface area contributed by atoms with Gasteiger partial charge in [-0.2, -0.15) is 12.6 Å². The van der Waals surface area contributed by atoms with Crippen LogP contribution in [0.15, 0.2) is 18.2 Å². The SMILES string of the molecule is CCN(CC)CCN(CC)C(=O)Oc1ccc(CO)cc1CN(CCCOCCOCCOCCCNC(=O)CCS)C(C)=O. The van der Waals surface area contributed by atoms with Crippen molar-refractivity contribution in [2.45, 2.75) is 60.1 Å². The number of ether oxygens (including phenoxy) is 4. The number of hydrogen-bond acceptors (Lipinski definition) is 10. The van der Waals surface area contributed by atoms with Gasteiger partial charge >= 0.3 is 6.09 Å². The number of nitrogens with zero attached hydrogens (tertiary/aromatic N) is 3. The number of hydrogen-bond donors (Lipinski definition) is 3. The molecule has 0 aliphatic carbocycles. The monoisotopic (exact) mass is 656 g/mol. The molecule has 0 saturated heterocycles. The van der Waals surface area contributed by atoms with Crippen molar-refractivity contribution in [1.29, 1.82) is 0 Å². The molecule has 0 saturated carbocycles. The van der Waals surface area contributed by atoms with Gasteiger partial charge in [0.1, 0.15) is 5.75 Å². The van der Waals surface area contributed by atoms with Crippen molar-refractivity contribution in [3.63, 3.8) is 0 Å². The minimum atomic E-state index is -0.440. The predicted molar refractivity (Wildman–Crippen MR) is 178 cm³/mol. The molecule has 0 heterocycles. The standard InChI is InChI=1S/C32H56N4O8S/c1-5-34(6-2)15-16-35(7-3)32(40)44-30-11-10-28(26-37)24-29(30)25-36(27(4)38)14-9-18-42-20-22-43-21-19-41-17-8-13-33-31(39)12-23-45/h10-11,24,37,45H,5-9,12-23,25-26H2,1-4H3,(H,33,39). The number of aliphatic hydroxyl groups excluding tert-OH is 1. The van der Waals surface area contributed by atoms with Gasteiger partial charge < -0.3 is 44.1 Å². The molecule has 0 unspecified atom stereocenters. The van der Waals surface area contributed by atoms with Crippen LogP contribution in [0.1, 0.15) is 58.1 Å². The third-order valence-corrected chi connectivity index (χ3v) is 7.34. The van der Waals surface area contributed by atoms with Crippen molar-refractivity contribution in [1.82, 2.24) is 20.0 Å². The molecule has 0 fully saturated rings. The van der Waals surface area contributed by atoms with Gasteiger partial charge in [0.25, 0.3) is 0 Å². The van der Waals surface area contributed by atoms with Crippen LogP contribution in [-0.4, -0.2) is 129 Å². The third-order valence-electron chi connectivity index (χ3n) is 7.12. The van der Waals surface area contributed by atoms with Gasteiger partial charge in [-0.25, -0.2) is 4.79 Å². The average molecular weight is 657 g/mol. The van der Waals surface area contributed by atoms with Gasteiger partial charge in [-0.1, -0.05) is 19.9 Å². The average Bonchev–Trinajstić information content (AvgIpc) is 3.03. The molecule has 2 N–H and O–H groups in total. The van der Waals surface area contributed by atoms with Gasteiger partial charge in [-0.15, -0.1) is 0 Å². The quantitative estimate of drug-likeness (QED) is 0.102. The van der Waals surface area contributed by atoms with Crippen LogP contribution in [0.3, 0.4) is 0 Å². The van der Waals surface area contributed by atoms with Crippen LogP contribution >= 0.6 is 12.6 Å². The Morgan fingerprint density at radius 1 is 0.844 bits per heavy atom. The van der Waals surface area contributed by atoms with Crippen molar-refractivity contribution < 1.29 is 38.4 Å². The Kier molecular flexibility index (Phi) is 23.2. The maximum Gasteiger partial charge on any atom is 0.415 e. The van der Waals surface area contributed by atoms with Crippen LogP contribution in [0.5, 0.6) is 5.75 Å². The van der Waals surface area contributed by atoms with Crippen molar-refractivity contribution in [2.75, 3.05) is 91.2 Å². The van der Waals surface area contributed by atoms with Gasteiger partial charge in [0.15, 0.2) is 0 Å². The van der Waals surface area contributed by atoms with Gasteiger partial charge in [-0.3, -0.25) is 9.59 Å². The van der Waals surface area contributed by atoms with E-state index >= 15 is 0 Å². The van der Waals surface area contributed by atoms with Gasteiger partial charge in [-0.05, 0) is 56.3 Å². The first kappa shape index (κ1) is 40.6. The molecule has 0 aromatic heterocycles. The second-order valence-electron chi connectivity index (χ2n) is 10.4. The van der Waals surface area contributed by atoms with Gasteiger partial charge in [0.05, 0.1) is 33.0 Å². The first-order valence-corrected chi connectivity index (χ1v) is 16.7. The zero-order valence-corrected chi connectivity index (χ0v) is 28.7. The molecule has 13 heteroatoms. The molecule has 1 aromatic carbocycles. The fourth-order valence-corrected chi connectivity index (χ4v) is 4.54. The molecular weight excluding hydrogens is 600 g/mol. The highest BCUT2D eigenvalue weighted by atomic mass is 32.1. The Labute approximate surface area is 275 Å². The lowest BCUT2D eigenvalue weighted by Crippen LogP contribution is -2.40. The maximum atomic E-state index is 13.0. The van der Waals surface area contributed by atoms with Crippen molar-refractivity contribution in [3.8, 4) is 5.75 Å². The fraction of sp³-hybridized carbons (Fsp3) is 0.719. The highest BCUT2D eigenvalue weighted by molar-refractivity contribution is 7.80. The second-order valence-corrected chi connectivity index (χ2v) is 10.8. The molecule has 0 bridgehead atoms. The van der Waals surface area contributed by atoms with E-state index in [1.54, 1.807) is 28.0 Å². The largest absolute Gasteiger partial charge is 0.415 e. The van der Waals surface area contributed by atoms with E-state index in [4.69, 9.17) is 18.9 Å². The fourth-order valence-electron chi connectivity index (χ4n) is 4.34. The number of likely N-dealkylation sites (N-methyl/N-ethyl adjacent to an activating group) is 2. The summed E-state index contributed by atoms with van der Waals surface area (Å²) in [6.45, 7) is 15.2. The topological polar surface area (TPSA) is 130 Å². The van der Waals surface area contributed by atoms with E-state index in [0.717, 1.165) is 26.1 Å². The van der Waals surface area contributed by atoms with Crippen LogP contribution in [0, 0.1) is 0 Å². The van der Waals surface area contributed by atoms with E-state index in [0.29, 0.717) is 101 Å². The molecule has 0 aliphatic rings. The molecule has 0 spiro atoms. The summed E-state index contributed by atoms with van der Waals surface area (Å²) in [5.74, 6) is 0.804. The van der Waals surface area contributed by atoms with E-state index in [9.17, 15) is 19.5 Å². The first-order valence-electron chi connectivity index (χ1n) is 16.1. The molecule has 0 aliphatic heterocycles. The number of amides is 3. The van der Waals surface area contributed by atoms with Gasteiger partial charge in [0, 0.05) is 71.4 Å². The zero-order valence-electron chi connectivity index (χ0n) is 27.8. The summed E-state index contributed by atoms with van der Waals surface area (Å²) >= 11 is 4.03. The molecule has 12 nitrogen and oxygen atoms in total. The number of nitrogens with one attached hydrogen (secondary N) is 1. The summed E-state index contributed by atoms with van der Waals surface area (Å²) in [6, 6.07) is 5.16. The molecule has 0 atom stereocenters. The number of carbonyl (C=O) groups excluding carboxylic acids is 3. The van der Waals surface area contributed by atoms with E-state index in [-0.39, 0.29) is 25.0 Å². The van der Waals surface area contributed by atoms with Crippen LogP contribution in [-0.2, 0) is 37.0 Å². The molecule has 1 rings (SSSR count). The number of rotatable bonds is 26. The van der Waals surface area contributed by atoms with E-state index < -0.39 is 6.09 Å². The summed E-state index contributed by atoms with van der Waals surface area (Å²) in [4.78, 5) is 42.4. The Bertz CT molecular complexity index is 967. The molecular formula is C32H56N4O8S. The van der Waals surface area contributed by atoms with Crippen LogP contribution in [0.4, 0.5) is 4.79 Å². The summed E-state index contributed by atoms with van der Waals surface area (Å²) in [5, 5.41) is 12.5. The van der Waals surface area contributed by atoms with Crippen LogP contribution < -0.4 is 10.1 Å². The maximum absolute atomic E-state index is 13.0. The molecule has 1 aromatic rings. The summed E-state index contributed by atoms with van der Waals surface area (Å²) in [7, 11) is 0. The van der Waals surface area contributed by atoms with E-state index in [1.807, 2.05) is 6.92 Å². The molecule has 0 radical (unpaired) electrons. The normalized spacial score (nSPS) is 11.1. The Morgan fingerprint density at radius 2 is 1.49 bits per heavy atom. The van der Waals surface area contributed by atoms with Crippen molar-refractivity contribution >= 4 is 30.5 Å². The summed E-state index contributed by atoms with van der Waals surface area (Å²) in [5.41, 5.74) is 1.32. The Hall–Kier alpha value is -2.42. The van der Waals surface area contributed by atoms with Crippen LogP contribution in [0.2, 0.25) is 0 Å². The van der Waals surface area contributed by atoms with Gasteiger partial charge in [0.2, 0.25) is 11.8 Å². The second kappa shape index (κ2) is 25.7. The highest BCUT2D eigenvalue weighted by Crippen LogP contribution is 2.23. The predicted octanol–water partition coefficient (Wildman–Crippen LogP) is 2.96. The number of benzene rings is 1. The Morgan fingerprint density at radius 3 is 2.07 bits per heavy atom. The summed E-state index contributed by atoms with van der Waals surface area (Å²) in [6.07, 6.45) is 1.35.